The maximum atomic E-state index is 13.0. The molecule has 0 atom stereocenters. The van der Waals surface area contributed by atoms with Gasteiger partial charge in [0.05, 0.1) is 13.2 Å². The van der Waals surface area contributed by atoms with Gasteiger partial charge in [0.2, 0.25) is 5.91 Å². The molecule has 1 aliphatic heterocycles. The van der Waals surface area contributed by atoms with E-state index in [1.165, 1.54) is 18.2 Å². The molecule has 1 heterocycles. The van der Waals surface area contributed by atoms with Gasteiger partial charge in [-0.1, -0.05) is 73.5 Å². The first kappa shape index (κ1) is 25.0. The van der Waals surface area contributed by atoms with Crippen molar-refractivity contribution in [3.8, 4) is 0 Å². The smallest absolute Gasteiger partial charge is 0.305 e. The van der Waals surface area contributed by atoms with Gasteiger partial charge in [-0.05, 0) is 49.9 Å². The van der Waals surface area contributed by atoms with E-state index in [4.69, 9.17) is 0 Å². The number of piperidine rings is 1. The molecular formula is C28H38N2O3. The number of amides is 1. The van der Waals surface area contributed by atoms with Crippen LogP contribution in [0.2, 0.25) is 0 Å². The normalized spacial score (nSPS) is 14.9. The van der Waals surface area contributed by atoms with Gasteiger partial charge >= 0.3 is 5.97 Å². The fraction of sp³-hybridized carbons (Fsp3) is 0.500. The molecule has 0 bridgehead atoms. The predicted molar refractivity (Wildman–Crippen MR) is 132 cm³/mol. The van der Waals surface area contributed by atoms with E-state index in [2.05, 4.69) is 70.3 Å². The lowest BCUT2D eigenvalue weighted by molar-refractivity contribution is -0.140. The van der Waals surface area contributed by atoms with Crippen molar-refractivity contribution in [2.45, 2.75) is 51.0 Å². The van der Waals surface area contributed by atoms with Gasteiger partial charge in [-0.15, -0.1) is 0 Å². The average Bonchev–Trinajstić information content (AvgIpc) is 2.87. The summed E-state index contributed by atoms with van der Waals surface area (Å²) >= 11 is 0. The predicted octanol–water partition coefficient (Wildman–Crippen LogP) is 5.07. The molecule has 1 fully saturated rings. The lowest BCUT2D eigenvalue weighted by Crippen LogP contribution is -2.43. The number of benzene rings is 2. The lowest BCUT2D eigenvalue weighted by Gasteiger charge is -2.38. The second-order valence-electron chi connectivity index (χ2n) is 9.03. The van der Waals surface area contributed by atoms with Crippen molar-refractivity contribution in [2.24, 2.45) is 5.92 Å². The van der Waals surface area contributed by atoms with E-state index in [0.29, 0.717) is 6.42 Å². The van der Waals surface area contributed by atoms with Crippen LogP contribution < -0.4 is 0 Å². The summed E-state index contributed by atoms with van der Waals surface area (Å²) in [6, 6.07) is 21.6. The van der Waals surface area contributed by atoms with Gasteiger partial charge in [-0.2, -0.15) is 0 Å². The summed E-state index contributed by atoms with van der Waals surface area (Å²) in [7, 11) is 3.36. The van der Waals surface area contributed by atoms with Crippen LogP contribution >= 0.6 is 0 Å². The van der Waals surface area contributed by atoms with E-state index >= 15 is 0 Å². The summed E-state index contributed by atoms with van der Waals surface area (Å²) in [5.74, 6) is 0.244. The Kier molecular flexibility index (Phi) is 9.95. The number of likely N-dealkylation sites (tertiary alicyclic amines) is 1. The molecule has 1 aliphatic rings. The van der Waals surface area contributed by atoms with Crippen molar-refractivity contribution in [2.75, 3.05) is 33.8 Å². The zero-order valence-electron chi connectivity index (χ0n) is 20.1. The number of hydrogen-bond acceptors (Lipinski definition) is 4. The van der Waals surface area contributed by atoms with E-state index in [1.54, 1.807) is 0 Å². The Morgan fingerprint density at radius 3 is 2.00 bits per heavy atom. The van der Waals surface area contributed by atoms with Gasteiger partial charge in [0.1, 0.15) is 0 Å². The number of carbonyl (C=O) groups is 2. The van der Waals surface area contributed by atoms with Gasteiger partial charge in [0, 0.05) is 25.9 Å². The Labute approximate surface area is 198 Å². The highest BCUT2D eigenvalue weighted by molar-refractivity contribution is 5.78. The first-order valence-electron chi connectivity index (χ1n) is 12.3. The van der Waals surface area contributed by atoms with E-state index in [1.807, 2.05) is 11.9 Å². The summed E-state index contributed by atoms with van der Waals surface area (Å²) < 4.78 is 4.67. The highest BCUT2D eigenvalue weighted by Crippen LogP contribution is 2.32. The maximum Gasteiger partial charge on any atom is 0.305 e. The molecule has 2 aromatic rings. The molecule has 0 aromatic heterocycles. The van der Waals surface area contributed by atoms with Crippen molar-refractivity contribution >= 4 is 11.9 Å². The third-order valence-electron chi connectivity index (χ3n) is 6.70. The van der Waals surface area contributed by atoms with E-state index in [-0.39, 0.29) is 23.8 Å². The number of carbonyl (C=O) groups excluding carboxylic acids is 2. The highest BCUT2D eigenvalue weighted by Gasteiger charge is 2.31. The van der Waals surface area contributed by atoms with Crippen molar-refractivity contribution in [1.29, 1.82) is 0 Å². The fourth-order valence-corrected chi connectivity index (χ4v) is 4.79. The van der Waals surface area contributed by atoms with Crippen molar-refractivity contribution in [1.82, 2.24) is 9.80 Å². The molecule has 2 aromatic carbocycles. The number of hydrogen-bond donors (Lipinski definition) is 0. The average molecular weight is 451 g/mol. The van der Waals surface area contributed by atoms with Gasteiger partial charge < -0.3 is 9.64 Å². The third kappa shape index (κ3) is 7.43. The van der Waals surface area contributed by atoms with E-state index in [9.17, 15) is 9.59 Å². The molecule has 3 rings (SSSR count). The molecule has 0 radical (unpaired) electrons. The summed E-state index contributed by atoms with van der Waals surface area (Å²) in [5.41, 5.74) is 2.61. The van der Waals surface area contributed by atoms with Crippen LogP contribution in [0.15, 0.2) is 60.7 Å². The monoisotopic (exact) mass is 450 g/mol. The molecular weight excluding hydrogens is 412 g/mol. The first-order valence-corrected chi connectivity index (χ1v) is 12.3. The van der Waals surface area contributed by atoms with Gasteiger partial charge in [-0.25, -0.2) is 0 Å². The minimum absolute atomic E-state index is 0.109. The molecule has 178 valence electrons. The molecule has 1 amide bonds. The number of methoxy groups -OCH3 is 1. The van der Waals surface area contributed by atoms with Crippen molar-refractivity contribution in [3.05, 3.63) is 71.8 Å². The van der Waals surface area contributed by atoms with Crippen LogP contribution in [0.5, 0.6) is 0 Å². The number of ether oxygens (including phenoxy) is 1. The van der Waals surface area contributed by atoms with E-state index < -0.39 is 0 Å². The summed E-state index contributed by atoms with van der Waals surface area (Å²) in [6.07, 6.45) is 6.14. The number of unbranched alkanes of at least 4 members (excludes halogenated alkanes) is 3. The fourth-order valence-electron chi connectivity index (χ4n) is 4.79. The van der Waals surface area contributed by atoms with Crippen molar-refractivity contribution < 1.29 is 14.3 Å². The lowest BCUT2D eigenvalue weighted by atomic mass is 9.90. The minimum Gasteiger partial charge on any atom is -0.469 e. The van der Waals surface area contributed by atoms with Crippen molar-refractivity contribution in [3.63, 3.8) is 0 Å². The first-order chi connectivity index (χ1) is 16.1. The van der Waals surface area contributed by atoms with Crippen LogP contribution in [0, 0.1) is 5.92 Å². The number of nitrogens with zero attached hydrogens (tertiary/aromatic N) is 2. The van der Waals surface area contributed by atoms with Crippen LogP contribution in [0.25, 0.3) is 0 Å². The Bertz CT molecular complexity index is 808. The standard InChI is InChI=1S/C28H38N2O3/c1-29(20-12-4-3-11-17-26(31)33-2)28(32)25-18-21-30(22-19-25)27(23-13-7-5-8-14-23)24-15-9-6-10-16-24/h5-10,13-16,25,27H,3-4,11-12,17-22H2,1-2H3. The molecule has 0 unspecified atom stereocenters. The van der Waals surface area contributed by atoms with Crippen LogP contribution in [0.4, 0.5) is 0 Å². The Morgan fingerprint density at radius 2 is 1.45 bits per heavy atom. The molecule has 5 nitrogen and oxygen atoms in total. The molecule has 1 saturated heterocycles. The molecule has 0 saturated carbocycles. The van der Waals surface area contributed by atoms with Crippen LogP contribution in [-0.4, -0.2) is 55.5 Å². The van der Waals surface area contributed by atoms with Crippen LogP contribution in [0.1, 0.15) is 62.1 Å². The second kappa shape index (κ2) is 13.1. The Hall–Kier alpha value is -2.66. The van der Waals surface area contributed by atoms with E-state index in [0.717, 1.165) is 58.2 Å². The molecule has 0 N–H and O–H groups in total. The minimum atomic E-state index is -0.143. The summed E-state index contributed by atoms with van der Waals surface area (Å²) in [6.45, 7) is 2.63. The maximum absolute atomic E-state index is 13.0. The number of esters is 1. The number of rotatable bonds is 11. The summed E-state index contributed by atoms with van der Waals surface area (Å²) in [4.78, 5) is 28.6. The molecule has 0 aliphatic carbocycles. The van der Waals surface area contributed by atoms with Gasteiger partial charge in [-0.3, -0.25) is 14.5 Å². The Balaban J connectivity index is 1.47. The second-order valence-corrected chi connectivity index (χ2v) is 9.03. The van der Waals surface area contributed by atoms with Gasteiger partial charge in [0.25, 0.3) is 0 Å². The SMILES string of the molecule is COC(=O)CCCCCCN(C)C(=O)C1CCN(C(c2ccccc2)c2ccccc2)CC1. The van der Waals surface area contributed by atoms with Gasteiger partial charge in [0.15, 0.2) is 0 Å². The summed E-state index contributed by atoms with van der Waals surface area (Å²) in [5, 5.41) is 0. The zero-order chi connectivity index (χ0) is 23.5. The van der Waals surface area contributed by atoms with Crippen LogP contribution in [-0.2, 0) is 14.3 Å². The van der Waals surface area contributed by atoms with Crippen LogP contribution in [0.3, 0.4) is 0 Å². The largest absolute Gasteiger partial charge is 0.469 e. The molecule has 33 heavy (non-hydrogen) atoms. The highest BCUT2D eigenvalue weighted by atomic mass is 16.5. The molecule has 0 spiro atoms. The topological polar surface area (TPSA) is 49.9 Å². The molecule has 5 heteroatoms. The third-order valence-corrected chi connectivity index (χ3v) is 6.70. The Morgan fingerprint density at radius 1 is 0.909 bits per heavy atom. The zero-order valence-corrected chi connectivity index (χ0v) is 20.1. The quantitative estimate of drug-likeness (QED) is 0.354.